The summed E-state index contributed by atoms with van der Waals surface area (Å²) in [7, 11) is 0. The fraction of sp³-hybridized carbons (Fsp3) is 0.406. The highest BCUT2D eigenvalue weighted by molar-refractivity contribution is 6.17. The molecule has 1 saturated heterocycles. The molecule has 3 aromatic rings. The second-order valence-corrected chi connectivity index (χ2v) is 11.1. The zero-order valence-corrected chi connectivity index (χ0v) is 25.6. The Hall–Kier alpha value is -4.67. The van der Waals surface area contributed by atoms with Gasteiger partial charge in [-0.1, -0.05) is 32.9 Å². The van der Waals surface area contributed by atoms with Crippen molar-refractivity contribution in [2.24, 2.45) is 5.41 Å². The third kappa shape index (κ3) is 5.47. The van der Waals surface area contributed by atoms with Gasteiger partial charge in [0.15, 0.2) is 5.41 Å². The molecule has 0 radical (unpaired) electrons. The van der Waals surface area contributed by atoms with Crippen molar-refractivity contribution in [2.75, 3.05) is 5.01 Å². The number of carbonyl (C=O) groups excluding carboxylic acids is 3. The average Bonchev–Trinajstić information content (AvgIpc) is 2.89. The number of H-pyrrole nitrogens is 1. The van der Waals surface area contributed by atoms with E-state index in [1.165, 1.54) is 0 Å². The molecule has 0 saturated carbocycles. The highest BCUT2D eigenvalue weighted by atomic mass is 16.7. The minimum atomic E-state index is -2.29. The number of hydrogen-bond donors (Lipinski definition) is 1. The topological polar surface area (TPSA) is 131 Å². The van der Waals surface area contributed by atoms with E-state index in [4.69, 9.17) is 9.47 Å². The molecule has 1 aliphatic rings. The number of hydrogen-bond acceptors (Lipinski definition) is 7. The van der Waals surface area contributed by atoms with Crippen LogP contribution in [0.15, 0.2) is 58.3 Å². The molecule has 11 heteroatoms. The number of carbonyl (C=O) groups is 3. The maximum Gasteiger partial charge on any atom is 0.363 e. The minimum Gasteiger partial charge on any atom is -0.434 e. The van der Waals surface area contributed by atoms with E-state index in [9.17, 15) is 24.0 Å². The zero-order chi connectivity index (χ0) is 31.7. The van der Waals surface area contributed by atoms with Crippen LogP contribution in [0.2, 0.25) is 0 Å². The van der Waals surface area contributed by atoms with Crippen LogP contribution in [-0.4, -0.2) is 38.3 Å². The maximum atomic E-state index is 14.7. The Labute approximate surface area is 250 Å². The van der Waals surface area contributed by atoms with Crippen molar-refractivity contribution >= 4 is 17.8 Å². The quantitative estimate of drug-likeness (QED) is 0.360. The van der Waals surface area contributed by atoms with Gasteiger partial charge in [0.05, 0.1) is 0 Å². The van der Waals surface area contributed by atoms with Gasteiger partial charge < -0.3 is 9.47 Å². The number of aromatic amines is 1. The summed E-state index contributed by atoms with van der Waals surface area (Å²) in [5.41, 5.74) is -0.00758. The predicted molar refractivity (Wildman–Crippen MR) is 161 cm³/mol. The number of ether oxygens (including phenoxy) is 2. The zero-order valence-electron chi connectivity index (χ0n) is 25.6. The molecule has 1 aliphatic heterocycles. The summed E-state index contributed by atoms with van der Waals surface area (Å²) in [6.45, 7) is 12.8. The van der Waals surface area contributed by atoms with Crippen LogP contribution in [-0.2, 0) is 9.59 Å². The summed E-state index contributed by atoms with van der Waals surface area (Å²) >= 11 is 0. The molecule has 0 bridgehead atoms. The molecule has 1 fully saturated rings. The first-order chi connectivity index (χ1) is 20.3. The first kappa shape index (κ1) is 31.3. The summed E-state index contributed by atoms with van der Waals surface area (Å²) in [4.78, 5) is 70.9. The van der Waals surface area contributed by atoms with Gasteiger partial charge >= 0.3 is 17.6 Å². The molecule has 228 valence electrons. The molecule has 0 aliphatic carbocycles. The van der Waals surface area contributed by atoms with E-state index in [0.717, 1.165) is 39.4 Å². The molecule has 2 aromatic carbocycles. The third-order valence-electron chi connectivity index (χ3n) is 7.72. The molecule has 0 atom stereocenters. The third-order valence-corrected chi connectivity index (χ3v) is 7.72. The molecule has 0 unspecified atom stereocenters. The molecule has 1 aromatic heterocycles. The van der Waals surface area contributed by atoms with E-state index in [0.29, 0.717) is 16.1 Å². The van der Waals surface area contributed by atoms with E-state index in [2.05, 4.69) is 4.98 Å². The number of aromatic nitrogens is 2. The number of amides is 4. The number of aryl methyl sites for hydroxylation is 4. The molecule has 1 N–H and O–H groups in total. The van der Waals surface area contributed by atoms with Crippen molar-refractivity contribution in [1.82, 2.24) is 14.6 Å². The lowest BCUT2D eigenvalue weighted by Crippen LogP contribution is -2.81. The van der Waals surface area contributed by atoms with E-state index in [-0.39, 0.29) is 30.8 Å². The number of benzene rings is 2. The van der Waals surface area contributed by atoms with Gasteiger partial charge in [-0.15, -0.1) is 0 Å². The van der Waals surface area contributed by atoms with Gasteiger partial charge in [-0.05, 0) is 93.5 Å². The second kappa shape index (κ2) is 11.9. The fourth-order valence-corrected chi connectivity index (χ4v) is 5.82. The lowest BCUT2D eigenvalue weighted by atomic mass is 9.74. The molecule has 11 nitrogen and oxygen atoms in total. The molecule has 4 amide bonds. The Balaban J connectivity index is 2.11. The first-order valence-corrected chi connectivity index (χ1v) is 14.4. The Bertz CT molecular complexity index is 1590. The summed E-state index contributed by atoms with van der Waals surface area (Å²) in [5.74, 6) is -3.21. The monoisotopic (exact) mass is 590 g/mol. The number of nitrogens with one attached hydrogen (secondary N) is 1. The Morgan fingerprint density at radius 3 is 1.70 bits per heavy atom. The van der Waals surface area contributed by atoms with Crippen molar-refractivity contribution in [3.63, 3.8) is 0 Å². The molecule has 0 spiro atoms. The summed E-state index contributed by atoms with van der Waals surface area (Å²) < 4.78 is 14.1. The Kier molecular flexibility index (Phi) is 8.66. The molecule has 2 heterocycles. The van der Waals surface area contributed by atoms with E-state index in [1.807, 2.05) is 39.8 Å². The van der Waals surface area contributed by atoms with Crippen molar-refractivity contribution in [3.05, 3.63) is 91.8 Å². The maximum absolute atomic E-state index is 14.7. The van der Waals surface area contributed by atoms with Crippen LogP contribution in [0.5, 0.6) is 11.5 Å². The second-order valence-electron chi connectivity index (χ2n) is 11.1. The van der Waals surface area contributed by atoms with Crippen molar-refractivity contribution < 1.29 is 23.9 Å². The average molecular weight is 591 g/mol. The lowest BCUT2D eigenvalue weighted by molar-refractivity contribution is -0.272. The SMILES string of the molecule is CCCC(=O)N1C(=O)N(n2ccc(=O)[nH]c2=O)C(=O)C(CC)(CC)C1(Oc1cc(C)cc(C)c1)Oc1cc(C)cc(C)c1. The van der Waals surface area contributed by atoms with E-state index < -0.39 is 40.4 Å². The van der Waals surface area contributed by atoms with Gasteiger partial charge in [0.1, 0.15) is 11.5 Å². The van der Waals surface area contributed by atoms with Crippen LogP contribution < -0.4 is 25.7 Å². The number of rotatable bonds is 9. The summed E-state index contributed by atoms with van der Waals surface area (Å²) in [6, 6.07) is 10.7. The van der Waals surface area contributed by atoms with Gasteiger partial charge in [0.25, 0.3) is 11.5 Å². The smallest absolute Gasteiger partial charge is 0.363 e. The van der Waals surface area contributed by atoms with Crippen LogP contribution >= 0.6 is 0 Å². The van der Waals surface area contributed by atoms with Gasteiger partial charge in [-0.25, -0.2) is 9.59 Å². The highest BCUT2D eigenvalue weighted by Crippen LogP contribution is 2.50. The standard InChI is InChI=1S/C32H38N4O7/c1-8-11-27(38)35-30(41)36(34-13-12-26(37)33-29(34)40)28(39)31(9-2,10-3)32(35,42-24-16-20(4)14-21(5)17-24)43-25-18-22(6)15-23(7)19-25/h12-19H,8-11H2,1-7H3,(H,33,37,40). The van der Waals surface area contributed by atoms with Crippen LogP contribution in [0.1, 0.15) is 68.7 Å². The van der Waals surface area contributed by atoms with Crippen molar-refractivity contribution in [1.29, 1.82) is 0 Å². The fourth-order valence-electron chi connectivity index (χ4n) is 5.82. The van der Waals surface area contributed by atoms with Gasteiger partial charge in [-0.2, -0.15) is 14.6 Å². The Morgan fingerprint density at radius 1 is 0.791 bits per heavy atom. The normalized spacial score (nSPS) is 15.9. The molecule has 43 heavy (non-hydrogen) atoms. The first-order valence-electron chi connectivity index (χ1n) is 14.4. The number of urea groups is 1. The number of nitrogens with zero attached hydrogens (tertiary/aromatic N) is 3. The van der Waals surface area contributed by atoms with Crippen LogP contribution in [0.3, 0.4) is 0 Å². The van der Waals surface area contributed by atoms with E-state index >= 15 is 0 Å². The molecule has 4 rings (SSSR count). The van der Waals surface area contributed by atoms with E-state index in [1.54, 1.807) is 45.0 Å². The summed E-state index contributed by atoms with van der Waals surface area (Å²) in [6.07, 6.45) is 1.43. The van der Waals surface area contributed by atoms with Gasteiger partial charge in [0, 0.05) is 18.7 Å². The van der Waals surface area contributed by atoms with Crippen LogP contribution in [0.4, 0.5) is 4.79 Å². The van der Waals surface area contributed by atoms with Gasteiger partial charge in [-0.3, -0.25) is 19.4 Å². The molecular weight excluding hydrogens is 552 g/mol. The minimum absolute atomic E-state index is 0.0513. The van der Waals surface area contributed by atoms with Crippen molar-refractivity contribution in [3.8, 4) is 11.5 Å². The lowest BCUT2D eigenvalue weighted by Gasteiger charge is -2.55. The van der Waals surface area contributed by atoms with Crippen LogP contribution in [0.25, 0.3) is 0 Å². The Morgan fingerprint density at radius 2 is 1.28 bits per heavy atom. The number of imide groups is 2. The van der Waals surface area contributed by atoms with Crippen molar-refractivity contribution in [2.45, 2.75) is 80.1 Å². The van der Waals surface area contributed by atoms with Crippen LogP contribution in [0, 0.1) is 33.1 Å². The summed E-state index contributed by atoms with van der Waals surface area (Å²) in [5, 5.41) is 0.590. The highest BCUT2D eigenvalue weighted by Gasteiger charge is 2.72. The van der Waals surface area contributed by atoms with Gasteiger partial charge in [0.2, 0.25) is 5.91 Å². The molecular formula is C32H38N4O7. The largest absolute Gasteiger partial charge is 0.434 e. The predicted octanol–water partition coefficient (Wildman–Crippen LogP) is 4.62.